The van der Waals surface area contributed by atoms with Crippen LogP contribution in [0.1, 0.15) is 12.8 Å². The number of ether oxygens (including phenoxy) is 1. The van der Waals surface area contributed by atoms with E-state index in [1.165, 1.54) is 0 Å². The van der Waals surface area contributed by atoms with Crippen LogP contribution in [-0.4, -0.2) is 49.3 Å². The largest absolute Gasteiger partial charge is 0.497 e. The first-order chi connectivity index (χ1) is 10.1. The zero-order valence-corrected chi connectivity index (χ0v) is 12.3. The van der Waals surface area contributed by atoms with Crippen LogP contribution in [0, 0.1) is 5.92 Å². The Morgan fingerprint density at radius 2 is 2.38 bits per heavy atom. The number of piperidine rings is 1. The molecule has 1 fully saturated rings. The molecule has 116 valence electrons. The van der Waals surface area contributed by atoms with Gasteiger partial charge in [0.05, 0.1) is 25.0 Å². The number of anilines is 2. The van der Waals surface area contributed by atoms with Gasteiger partial charge in [-0.15, -0.1) is 0 Å². The van der Waals surface area contributed by atoms with Crippen molar-refractivity contribution in [2.75, 3.05) is 44.4 Å². The summed E-state index contributed by atoms with van der Waals surface area (Å²) in [5.41, 5.74) is 6.96. The molecule has 1 amide bonds. The Morgan fingerprint density at radius 3 is 3.05 bits per heavy atom. The molecule has 1 saturated heterocycles. The summed E-state index contributed by atoms with van der Waals surface area (Å²) in [7, 11) is 1.57. The maximum Gasteiger partial charge on any atom is 0.238 e. The fourth-order valence-electron chi connectivity index (χ4n) is 2.62. The van der Waals surface area contributed by atoms with Gasteiger partial charge in [-0.25, -0.2) is 0 Å². The van der Waals surface area contributed by atoms with Crippen molar-refractivity contribution in [3.8, 4) is 5.75 Å². The molecule has 1 atom stereocenters. The van der Waals surface area contributed by atoms with E-state index in [0.717, 1.165) is 25.9 Å². The normalized spacial score (nSPS) is 19.2. The number of nitrogens with one attached hydrogen (secondary N) is 1. The maximum atomic E-state index is 12.1. The van der Waals surface area contributed by atoms with Crippen LogP contribution in [0.4, 0.5) is 11.4 Å². The molecule has 1 aromatic rings. The number of carbonyl (C=O) groups excluding carboxylic acids is 1. The van der Waals surface area contributed by atoms with Gasteiger partial charge in [-0.2, -0.15) is 0 Å². The molecule has 1 heterocycles. The van der Waals surface area contributed by atoms with Gasteiger partial charge in [0.2, 0.25) is 5.91 Å². The number of nitrogens with two attached hydrogens (primary N) is 1. The molecule has 6 nitrogen and oxygen atoms in total. The van der Waals surface area contributed by atoms with Crippen molar-refractivity contribution in [3.63, 3.8) is 0 Å². The van der Waals surface area contributed by atoms with Crippen molar-refractivity contribution in [3.05, 3.63) is 18.2 Å². The van der Waals surface area contributed by atoms with Crippen molar-refractivity contribution >= 4 is 17.3 Å². The number of likely N-dealkylation sites (tertiary alicyclic amines) is 1. The number of nitrogen functional groups attached to an aromatic ring is 1. The van der Waals surface area contributed by atoms with Crippen LogP contribution in [0.25, 0.3) is 0 Å². The molecule has 1 unspecified atom stereocenters. The third-order valence-corrected chi connectivity index (χ3v) is 3.76. The summed E-state index contributed by atoms with van der Waals surface area (Å²) in [6.45, 7) is 2.16. The molecule has 2 rings (SSSR count). The second-order valence-electron chi connectivity index (χ2n) is 5.43. The van der Waals surface area contributed by atoms with Crippen molar-refractivity contribution < 1.29 is 14.6 Å². The van der Waals surface area contributed by atoms with Crippen molar-refractivity contribution in [2.24, 2.45) is 5.92 Å². The number of amides is 1. The van der Waals surface area contributed by atoms with Crippen LogP contribution in [0.5, 0.6) is 5.75 Å². The highest BCUT2D eigenvalue weighted by atomic mass is 16.5. The quantitative estimate of drug-likeness (QED) is 0.703. The summed E-state index contributed by atoms with van der Waals surface area (Å²) in [5, 5.41) is 12.0. The summed E-state index contributed by atoms with van der Waals surface area (Å²) < 4.78 is 5.08. The smallest absolute Gasteiger partial charge is 0.238 e. The first-order valence-electron chi connectivity index (χ1n) is 7.19. The third kappa shape index (κ3) is 4.34. The van der Waals surface area contributed by atoms with Crippen molar-refractivity contribution in [1.29, 1.82) is 0 Å². The summed E-state index contributed by atoms with van der Waals surface area (Å²) in [4.78, 5) is 14.1. The van der Waals surface area contributed by atoms with E-state index in [2.05, 4.69) is 10.2 Å². The zero-order valence-electron chi connectivity index (χ0n) is 12.3. The zero-order chi connectivity index (χ0) is 15.2. The first-order valence-corrected chi connectivity index (χ1v) is 7.19. The Balaban J connectivity index is 1.89. The maximum absolute atomic E-state index is 12.1. The van der Waals surface area contributed by atoms with Crippen LogP contribution >= 0.6 is 0 Å². The van der Waals surface area contributed by atoms with Crippen LogP contribution in [0.2, 0.25) is 0 Å². The second-order valence-corrected chi connectivity index (χ2v) is 5.43. The van der Waals surface area contributed by atoms with Crippen LogP contribution in [0.3, 0.4) is 0 Å². The van der Waals surface area contributed by atoms with Gasteiger partial charge in [-0.1, -0.05) is 0 Å². The number of nitrogens with zero attached hydrogens (tertiary/aromatic N) is 1. The van der Waals surface area contributed by atoms with E-state index in [-0.39, 0.29) is 18.4 Å². The van der Waals surface area contributed by atoms with E-state index in [0.29, 0.717) is 23.7 Å². The Morgan fingerprint density at radius 1 is 1.57 bits per heavy atom. The lowest BCUT2D eigenvalue weighted by molar-refractivity contribution is -0.117. The molecule has 21 heavy (non-hydrogen) atoms. The van der Waals surface area contributed by atoms with E-state index in [9.17, 15) is 9.90 Å². The van der Waals surface area contributed by atoms with Gasteiger partial charge >= 0.3 is 0 Å². The molecule has 4 N–H and O–H groups in total. The number of aliphatic hydroxyl groups excluding tert-OH is 1. The van der Waals surface area contributed by atoms with Gasteiger partial charge in [-0.05, 0) is 37.4 Å². The fourth-order valence-corrected chi connectivity index (χ4v) is 2.62. The molecule has 0 spiro atoms. The number of carbonyl (C=O) groups is 1. The molecule has 1 aliphatic rings. The average Bonchev–Trinajstić information content (AvgIpc) is 2.49. The molecule has 1 aromatic carbocycles. The predicted octanol–water partition coefficient (Wildman–Crippen LogP) is 0.920. The molecular weight excluding hydrogens is 270 g/mol. The Bertz CT molecular complexity index is 493. The SMILES string of the molecule is COc1ccc(NC(=O)CN2CCCC(CO)C2)c(N)c1. The lowest BCUT2D eigenvalue weighted by Crippen LogP contribution is -2.41. The highest BCUT2D eigenvalue weighted by Crippen LogP contribution is 2.24. The van der Waals surface area contributed by atoms with Gasteiger partial charge in [0.15, 0.2) is 0 Å². The first kappa shape index (κ1) is 15.6. The van der Waals surface area contributed by atoms with Crippen LogP contribution < -0.4 is 15.8 Å². The Kier molecular flexibility index (Phi) is 5.41. The Labute approximate surface area is 124 Å². The average molecular weight is 293 g/mol. The minimum atomic E-state index is -0.0922. The third-order valence-electron chi connectivity index (χ3n) is 3.76. The number of aliphatic hydroxyl groups is 1. The minimum Gasteiger partial charge on any atom is -0.497 e. The van der Waals surface area contributed by atoms with Crippen molar-refractivity contribution in [1.82, 2.24) is 4.90 Å². The number of benzene rings is 1. The monoisotopic (exact) mass is 293 g/mol. The summed E-state index contributed by atoms with van der Waals surface area (Å²) >= 11 is 0. The molecular formula is C15H23N3O3. The molecule has 0 radical (unpaired) electrons. The number of hydrogen-bond acceptors (Lipinski definition) is 5. The standard InChI is InChI=1S/C15H23N3O3/c1-21-12-4-5-14(13(16)7-12)17-15(20)9-18-6-2-3-11(8-18)10-19/h4-5,7,11,19H,2-3,6,8-10,16H2,1H3,(H,17,20). The van der Waals surface area contributed by atoms with Gasteiger partial charge < -0.3 is 20.9 Å². The van der Waals surface area contributed by atoms with Crippen LogP contribution in [-0.2, 0) is 4.79 Å². The van der Waals surface area contributed by atoms with Crippen LogP contribution in [0.15, 0.2) is 18.2 Å². The van der Waals surface area contributed by atoms with Crippen molar-refractivity contribution in [2.45, 2.75) is 12.8 Å². The van der Waals surface area contributed by atoms with Gasteiger partial charge in [-0.3, -0.25) is 9.69 Å². The Hall–Kier alpha value is -1.79. The highest BCUT2D eigenvalue weighted by molar-refractivity contribution is 5.95. The number of methoxy groups -OCH3 is 1. The van der Waals surface area contributed by atoms with Gasteiger partial charge in [0.25, 0.3) is 0 Å². The summed E-state index contributed by atoms with van der Waals surface area (Å²) in [6.07, 6.45) is 2.04. The lowest BCUT2D eigenvalue weighted by atomic mass is 9.99. The summed E-state index contributed by atoms with van der Waals surface area (Å²) in [5.74, 6) is 0.843. The lowest BCUT2D eigenvalue weighted by Gasteiger charge is -2.31. The predicted molar refractivity (Wildman–Crippen MR) is 82.3 cm³/mol. The molecule has 1 aliphatic heterocycles. The summed E-state index contributed by atoms with van der Waals surface area (Å²) in [6, 6.07) is 5.17. The van der Waals surface area contributed by atoms with E-state index >= 15 is 0 Å². The van der Waals surface area contributed by atoms with E-state index < -0.39 is 0 Å². The minimum absolute atomic E-state index is 0.0922. The van der Waals surface area contributed by atoms with E-state index in [4.69, 9.17) is 10.5 Å². The fraction of sp³-hybridized carbons (Fsp3) is 0.533. The number of rotatable bonds is 5. The molecule has 0 saturated carbocycles. The molecule has 0 aromatic heterocycles. The highest BCUT2D eigenvalue weighted by Gasteiger charge is 2.21. The molecule has 6 heteroatoms. The molecule has 0 bridgehead atoms. The van der Waals surface area contributed by atoms with Gasteiger partial charge in [0, 0.05) is 19.2 Å². The molecule has 0 aliphatic carbocycles. The van der Waals surface area contributed by atoms with E-state index in [1.807, 2.05) is 0 Å². The topological polar surface area (TPSA) is 87.8 Å². The van der Waals surface area contributed by atoms with Gasteiger partial charge in [0.1, 0.15) is 5.75 Å². The number of hydrogen-bond donors (Lipinski definition) is 3. The second kappa shape index (κ2) is 7.28. The van der Waals surface area contributed by atoms with E-state index in [1.54, 1.807) is 25.3 Å².